The summed E-state index contributed by atoms with van der Waals surface area (Å²) in [6.07, 6.45) is -1.12. The van der Waals surface area contributed by atoms with Gasteiger partial charge in [0.1, 0.15) is 0 Å². The van der Waals surface area contributed by atoms with Crippen LogP contribution >= 0.6 is 0 Å². The fourth-order valence-corrected chi connectivity index (χ4v) is 1.77. The van der Waals surface area contributed by atoms with Crippen molar-refractivity contribution in [1.82, 2.24) is 0 Å². The topological polar surface area (TPSA) is 35.2 Å². The van der Waals surface area contributed by atoms with Gasteiger partial charge < -0.3 is 10.5 Å². The van der Waals surface area contributed by atoms with Crippen LogP contribution in [0.3, 0.4) is 0 Å². The van der Waals surface area contributed by atoms with Crippen molar-refractivity contribution in [2.24, 2.45) is 5.73 Å². The Labute approximate surface area is 88.0 Å². The zero-order valence-corrected chi connectivity index (χ0v) is 8.72. The predicted molar refractivity (Wildman–Crippen MR) is 51.5 cm³/mol. The highest BCUT2D eigenvalue weighted by atomic mass is 19.4. The Hall–Kier alpha value is -0.290. The lowest BCUT2D eigenvalue weighted by atomic mass is 10.0. The van der Waals surface area contributed by atoms with E-state index in [-0.39, 0.29) is 18.6 Å². The van der Waals surface area contributed by atoms with Gasteiger partial charge in [0, 0.05) is 19.1 Å². The molecule has 1 fully saturated rings. The summed E-state index contributed by atoms with van der Waals surface area (Å²) in [6.45, 7) is 0.780. The van der Waals surface area contributed by atoms with Gasteiger partial charge >= 0.3 is 6.18 Å². The molecule has 2 N–H and O–H groups in total. The Morgan fingerprint density at radius 1 is 1.33 bits per heavy atom. The molecule has 0 saturated carbocycles. The first-order valence-electron chi connectivity index (χ1n) is 5.41. The van der Waals surface area contributed by atoms with Crippen LogP contribution in [0.1, 0.15) is 38.5 Å². The molecule has 1 aliphatic heterocycles. The summed E-state index contributed by atoms with van der Waals surface area (Å²) < 4.78 is 41.0. The highest BCUT2D eigenvalue weighted by Crippen LogP contribution is 2.24. The maximum Gasteiger partial charge on any atom is 0.389 e. The summed E-state index contributed by atoms with van der Waals surface area (Å²) in [4.78, 5) is 0. The van der Waals surface area contributed by atoms with Gasteiger partial charge in [0.15, 0.2) is 0 Å². The van der Waals surface area contributed by atoms with Crippen LogP contribution in [0.15, 0.2) is 0 Å². The lowest BCUT2D eigenvalue weighted by molar-refractivity contribution is -0.136. The lowest BCUT2D eigenvalue weighted by Crippen LogP contribution is -2.24. The van der Waals surface area contributed by atoms with Crippen molar-refractivity contribution < 1.29 is 17.9 Å². The second-order valence-electron chi connectivity index (χ2n) is 4.13. The first kappa shape index (κ1) is 12.8. The number of ether oxygens (including phenoxy) is 1. The summed E-state index contributed by atoms with van der Waals surface area (Å²) in [7, 11) is 0. The molecule has 0 aromatic heterocycles. The molecule has 0 aliphatic carbocycles. The Morgan fingerprint density at radius 2 is 2.07 bits per heavy atom. The smallest absolute Gasteiger partial charge is 0.378 e. The van der Waals surface area contributed by atoms with Crippen LogP contribution in [0.25, 0.3) is 0 Å². The summed E-state index contributed by atoms with van der Waals surface area (Å²) in [5, 5.41) is 0. The summed E-state index contributed by atoms with van der Waals surface area (Å²) >= 11 is 0. The molecule has 2 atom stereocenters. The van der Waals surface area contributed by atoms with E-state index in [1.165, 1.54) is 0 Å². The van der Waals surface area contributed by atoms with Crippen molar-refractivity contribution in [3.63, 3.8) is 0 Å². The number of halogens is 3. The van der Waals surface area contributed by atoms with Crippen molar-refractivity contribution in [2.75, 3.05) is 6.61 Å². The van der Waals surface area contributed by atoms with Crippen LogP contribution in [-0.2, 0) is 4.74 Å². The highest BCUT2D eigenvalue weighted by Gasteiger charge is 2.27. The average Bonchev–Trinajstić information content (AvgIpc) is 2.62. The molecule has 90 valence electrons. The number of hydrogen-bond acceptors (Lipinski definition) is 2. The summed E-state index contributed by atoms with van der Waals surface area (Å²) in [6, 6.07) is -0.351. The molecule has 0 spiro atoms. The van der Waals surface area contributed by atoms with Crippen LogP contribution in [-0.4, -0.2) is 24.9 Å². The zero-order chi connectivity index (χ0) is 11.3. The van der Waals surface area contributed by atoms with Crippen LogP contribution in [0.2, 0.25) is 0 Å². The fourth-order valence-electron chi connectivity index (χ4n) is 1.77. The molecule has 2 nitrogen and oxygen atoms in total. The number of rotatable bonds is 5. The minimum absolute atomic E-state index is 0.0240. The molecular formula is C10H18F3NO. The van der Waals surface area contributed by atoms with Gasteiger partial charge in [-0.25, -0.2) is 0 Å². The monoisotopic (exact) mass is 225 g/mol. The third kappa shape index (κ3) is 5.99. The molecule has 5 heteroatoms. The molecule has 1 heterocycles. The van der Waals surface area contributed by atoms with E-state index >= 15 is 0 Å². The summed E-state index contributed by atoms with van der Waals surface area (Å²) in [5.74, 6) is 0. The van der Waals surface area contributed by atoms with Crippen molar-refractivity contribution >= 4 is 0 Å². The van der Waals surface area contributed by atoms with Crippen LogP contribution in [0, 0.1) is 0 Å². The molecule has 0 aromatic carbocycles. The van der Waals surface area contributed by atoms with Crippen LogP contribution in [0.4, 0.5) is 13.2 Å². The predicted octanol–water partition coefficient (Wildman–Crippen LogP) is 2.62. The quantitative estimate of drug-likeness (QED) is 0.780. The lowest BCUT2D eigenvalue weighted by Gasteiger charge is -2.15. The highest BCUT2D eigenvalue weighted by molar-refractivity contribution is 4.70. The zero-order valence-electron chi connectivity index (χ0n) is 8.72. The Morgan fingerprint density at radius 3 is 2.60 bits per heavy atom. The van der Waals surface area contributed by atoms with Gasteiger partial charge in [-0.15, -0.1) is 0 Å². The molecule has 0 amide bonds. The van der Waals surface area contributed by atoms with E-state index in [1.54, 1.807) is 0 Å². The number of hydrogen-bond donors (Lipinski definition) is 1. The third-order valence-electron chi connectivity index (χ3n) is 2.68. The van der Waals surface area contributed by atoms with E-state index in [4.69, 9.17) is 10.5 Å². The minimum atomic E-state index is -4.08. The molecule has 15 heavy (non-hydrogen) atoms. The van der Waals surface area contributed by atoms with Gasteiger partial charge in [-0.1, -0.05) is 0 Å². The molecule has 0 bridgehead atoms. The maximum absolute atomic E-state index is 11.9. The number of nitrogens with two attached hydrogens (primary N) is 1. The SMILES string of the molecule is NC(CCC1CCCO1)CCC(F)(F)F. The van der Waals surface area contributed by atoms with Crippen molar-refractivity contribution in [3.05, 3.63) is 0 Å². The largest absolute Gasteiger partial charge is 0.389 e. The van der Waals surface area contributed by atoms with Crippen molar-refractivity contribution in [3.8, 4) is 0 Å². The van der Waals surface area contributed by atoms with Crippen molar-refractivity contribution in [1.29, 1.82) is 0 Å². The first-order chi connectivity index (χ1) is 6.97. The molecule has 1 aliphatic rings. The second kappa shape index (κ2) is 5.70. The molecule has 1 rings (SSSR count). The summed E-state index contributed by atoms with van der Waals surface area (Å²) in [5.41, 5.74) is 5.60. The minimum Gasteiger partial charge on any atom is -0.378 e. The average molecular weight is 225 g/mol. The van der Waals surface area contributed by atoms with Crippen molar-refractivity contribution in [2.45, 2.75) is 56.8 Å². The first-order valence-corrected chi connectivity index (χ1v) is 5.41. The van der Waals surface area contributed by atoms with E-state index in [2.05, 4.69) is 0 Å². The maximum atomic E-state index is 11.9. The molecule has 0 aromatic rings. The van der Waals surface area contributed by atoms with Gasteiger partial charge in [0.25, 0.3) is 0 Å². The van der Waals surface area contributed by atoms with Crippen LogP contribution < -0.4 is 5.73 Å². The van der Waals surface area contributed by atoms with Gasteiger partial charge in [0.2, 0.25) is 0 Å². The Kier molecular flexibility index (Phi) is 4.86. The van der Waals surface area contributed by atoms with Crippen LogP contribution in [0.5, 0.6) is 0 Å². The Bertz CT molecular complexity index is 178. The third-order valence-corrected chi connectivity index (χ3v) is 2.68. The van der Waals surface area contributed by atoms with E-state index in [0.717, 1.165) is 25.9 Å². The fraction of sp³-hybridized carbons (Fsp3) is 1.00. The van der Waals surface area contributed by atoms with Gasteiger partial charge in [-0.05, 0) is 32.1 Å². The van der Waals surface area contributed by atoms with E-state index in [0.29, 0.717) is 6.42 Å². The molecule has 0 radical (unpaired) electrons. The normalized spacial score (nSPS) is 24.4. The molecular weight excluding hydrogens is 207 g/mol. The standard InChI is InChI=1S/C10H18F3NO/c11-10(12,13)6-5-8(14)3-4-9-2-1-7-15-9/h8-9H,1-7,14H2. The molecule has 2 unspecified atom stereocenters. The second-order valence-corrected chi connectivity index (χ2v) is 4.13. The number of alkyl halides is 3. The van der Waals surface area contributed by atoms with Gasteiger partial charge in [-0.3, -0.25) is 0 Å². The molecule has 1 saturated heterocycles. The Balaban J connectivity index is 2.05. The van der Waals surface area contributed by atoms with Gasteiger partial charge in [-0.2, -0.15) is 13.2 Å². The van der Waals surface area contributed by atoms with E-state index < -0.39 is 12.6 Å². The van der Waals surface area contributed by atoms with Gasteiger partial charge in [0.05, 0.1) is 6.10 Å². The van der Waals surface area contributed by atoms with E-state index in [9.17, 15) is 13.2 Å². The van der Waals surface area contributed by atoms with E-state index in [1.807, 2.05) is 0 Å².